The third kappa shape index (κ3) is 1.27. The minimum absolute atomic E-state index is 0.159. The minimum atomic E-state index is -1.28. The molecule has 0 spiro atoms. The van der Waals surface area contributed by atoms with E-state index in [0.717, 1.165) is 12.8 Å². The highest BCUT2D eigenvalue weighted by Crippen LogP contribution is 2.45. The SMILES string of the molecule is COC(=O)[C@]12NCCC[C@H]1C(C)(C)OC2=O. The van der Waals surface area contributed by atoms with Gasteiger partial charge in [-0.25, -0.2) is 9.59 Å². The zero-order valence-corrected chi connectivity index (χ0v) is 9.83. The van der Waals surface area contributed by atoms with Gasteiger partial charge in [-0.1, -0.05) is 0 Å². The van der Waals surface area contributed by atoms with Gasteiger partial charge in [0.15, 0.2) is 0 Å². The van der Waals surface area contributed by atoms with Crippen LogP contribution in [0.1, 0.15) is 26.7 Å². The number of piperidine rings is 1. The molecule has 0 unspecified atom stereocenters. The fourth-order valence-corrected chi connectivity index (χ4v) is 2.86. The summed E-state index contributed by atoms with van der Waals surface area (Å²) >= 11 is 0. The van der Waals surface area contributed by atoms with E-state index in [1.807, 2.05) is 13.8 Å². The smallest absolute Gasteiger partial charge is 0.339 e. The fraction of sp³-hybridized carbons (Fsp3) is 0.818. The third-order valence-corrected chi connectivity index (χ3v) is 3.62. The van der Waals surface area contributed by atoms with Crippen LogP contribution in [0.4, 0.5) is 0 Å². The Labute approximate surface area is 94.5 Å². The van der Waals surface area contributed by atoms with Crippen LogP contribution in [0.5, 0.6) is 0 Å². The van der Waals surface area contributed by atoms with Crippen molar-refractivity contribution in [3.63, 3.8) is 0 Å². The Kier molecular flexibility index (Phi) is 2.45. The molecule has 16 heavy (non-hydrogen) atoms. The summed E-state index contributed by atoms with van der Waals surface area (Å²) in [7, 11) is 1.29. The van der Waals surface area contributed by atoms with Crippen molar-refractivity contribution < 1.29 is 19.1 Å². The van der Waals surface area contributed by atoms with E-state index in [-0.39, 0.29) is 5.92 Å². The molecular weight excluding hydrogens is 210 g/mol. The van der Waals surface area contributed by atoms with Gasteiger partial charge in [-0.3, -0.25) is 5.32 Å². The average molecular weight is 227 g/mol. The Morgan fingerprint density at radius 2 is 2.25 bits per heavy atom. The second-order valence-corrected chi connectivity index (χ2v) is 4.91. The molecule has 2 heterocycles. The van der Waals surface area contributed by atoms with Gasteiger partial charge in [0.05, 0.1) is 7.11 Å². The molecule has 90 valence electrons. The number of carbonyl (C=O) groups is 2. The normalized spacial score (nSPS) is 36.4. The van der Waals surface area contributed by atoms with E-state index < -0.39 is 23.1 Å². The maximum Gasteiger partial charge on any atom is 0.339 e. The van der Waals surface area contributed by atoms with E-state index >= 15 is 0 Å². The van der Waals surface area contributed by atoms with Gasteiger partial charge in [-0.2, -0.15) is 0 Å². The number of fused-ring (bicyclic) bond motifs is 1. The van der Waals surface area contributed by atoms with Crippen molar-refractivity contribution in [2.45, 2.75) is 37.8 Å². The molecule has 2 aliphatic rings. The molecule has 2 rings (SSSR count). The fourth-order valence-electron chi connectivity index (χ4n) is 2.86. The van der Waals surface area contributed by atoms with Gasteiger partial charge in [0.25, 0.3) is 0 Å². The van der Waals surface area contributed by atoms with Crippen molar-refractivity contribution >= 4 is 11.9 Å². The second kappa shape index (κ2) is 3.45. The molecular formula is C11H17NO4. The first-order valence-corrected chi connectivity index (χ1v) is 5.52. The zero-order chi connectivity index (χ0) is 12.0. The molecule has 0 radical (unpaired) electrons. The van der Waals surface area contributed by atoms with E-state index in [0.29, 0.717) is 6.54 Å². The summed E-state index contributed by atoms with van der Waals surface area (Å²) in [4.78, 5) is 23.8. The van der Waals surface area contributed by atoms with Crippen molar-refractivity contribution in [1.82, 2.24) is 5.32 Å². The van der Waals surface area contributed by atoms with E-state index in [1.165, 1.54) is 7.11 Å². The highest BCUT2D eigenvalue weighted by Gasteiger charge is 2.66. The number of methoxy groups -OCH3 is 1. The first kappa shape index (κ1) is 11.4. The molecule has 0 saturated carbocycles. The molecule has 2 fully saturated rings. The Morgan fingerprint density at radius 3 is 2.88 bits per heavy atom. The van der Waals surface area contributed by atoms with Crippen molar-refractivity contribution in [3.8, 4) is 0 Å². The lowest BCUT2D eigenvalue weighted by Crippen LogP contribution is -2.64. The number of hydrogen-bond donors (Lipinski definition) is 1. The van der Waals surface area contributed by atoms with Crippen LogP contribution < -0.4 is 5.32 Å². The van der Waals surface area contributed by atoms with Crippen LogP contribution >= 0.6 is 0 Å². The first-order chi connectivity index (χ1) is 7.45. The van der Waals surface area contributed by atoms with Gasteiger partial charge in [0.2, 0.25) is 5.54 Å². The number of esters is 2. The van der Waals surface area contributed by atoms with Crippen LogP contribution in [0.2, 0.25) is 0 Å². The Bertz CT molecular complexity index is 339. The van der Waals surface area contributed by atoms with Crippen LogP contribution in [0.15, 0.2) is 0 Å². The predicted molar refractivity (Wildman–Crippen MR) is 55.6 cm³/mol. The van der Waals surface area contributed by atoms with Crippen LogP contribution in [-0.2, 0) is 19.1 Å². The summed E-state index contributed by atoms with van der Waals surface area (Å²) < 4.78 is 10.1. The average Bonchev–Trinajstić information content (AvgIpc) is 2.47. The number of ether oxygens (including phenoxy) is 2. The van der Waals surface area contributed by atoms with Gasteiger partial charge in [-0.05, 0) is 33.2 Å². The lowest BCUT2D eigenvalue weighted by molar-refractivity contribution is -0.160. The lowest BCUT2D eigenvalue weighted by Gasteiger charge is -2.37. The molecule has 0 amide bonds. The van der Waals surface area contributed by atoms with Gasteiger partial charge in [-0.15, -0.1) is 0 Å². The standard InChI is InChI=1S/C11H17NO4/c1-10(2)7-5-4-6-12-11(7,8(13)15-3)9(14)16-10/h7,12H,4-6H2,1-3H3/t7-,11+/m0/s1. The molecule has 1 N–H and O–H groups in total. The summed E-state index contributed by atoms with van der Waals surface area (Å²) in [5.74, 6) is -1.20. The molecule has 2 saturated heterocycles. The van der Waals surface area contributed by atoms with E-state index in [2.05, 4.69) is 5.32 Å². The second-order valence-electron chi connectivity index (χ2n) is 4.91. The minimum Gasteiger partial charge on any atom is -0.467 e. The highest BCUT2D eigenvalue weighted by atomic mass is 16.6. The topological polar surface area (TPSA) is 64.6 Å². The maximum atomic E-state index is 12.0. The van der Waals surface area contributed by atoms with Gasteiger partial charge in [0.1, 0.15) is 5.60 Å². The Hall–Kier alpha value is -1.10. The number of rotatable bonds is 1. The lowest BCUT2D eigenvalue weighted by atomic mass is 9.72. The van der Waals surface area contributed by atoms with Gasteiger partial charge >= 0.3 is 11.9 Å². The largest absolute Gasteiger partial charge is 0.467 e. The van der Waals surface area contributed by atoms with Crippen LogP contribution in [0.3, 0.4) is 0 Å². The quantitative estimate of drug-likeness (QED) is 0.513. The highest BCUT2D eigenvalue weighted by molar-refractivity contribution is 6.07. The molecule has 5 nitrogen and oxygen atoms in total. The first-order valence-electron chi connectivity index (χ1n) is 5.52. The van der Waals surface area contributed by atoms with Crippen molar-refractivity contribution in [2.75, 3.05) is 13.7 Å². The molecule has 5 heteroatoms. The number of carbonyl (C=O) groups excluding carboxylic acids is 2. The van der Waals surface area contributed by atoms with Crippen molar-refractivity contribution in [2.24, 2.45) is 5.92 Å². The summed E-state index contributed by atoms with van der Waals surface area (Å²) in [5.41, 5.74) is -1.89. The summed E-state index contributed by atoms with van der Waals surface area (Å²) in [5, 5.41) is 3.00. The summed E-state index contributed by atoms with van der Waals surface area (Å²) in [6.45, 7) is 4.32. The van der Waals surface area contributed by atoms with Crippen LogP contribution in [0.25, 0.3) is 0 Å². The van der Waals surface area contributed by atoms with E-state index in [4.69, 9.17) is 9.47 Å². The predicted octanol–water partition coefficient (Wildman–Crippen LogP) is 0.233. The van der Waals surface area contributed by atoms with Crippen LogP contribution in [0, 0.1) is 5.92 Å². The van der Waals surface area contributed by atoms with Crippen LogP contribution in [-0.4, -0.2) is 36.7 Å². The molecule has 0 aliphatic carbocycles. The maximum absolute atomic E-state index is 12.0. The molecule has 2 aliphatic heterocycles. The van der Waals surface area contributed by atoms with Gasteiger partial charge in [0, 0.05) is 5.92 Å². The van der Waals surface area contributed by atoms with E-state index in [1.54, 1.807) is 0 Å². The molecule has 0 bridgehead atoms. The van der Waals surface area contributed by atoms with E-state index in [9.17, 15) is 9.59 Å². The number of nitrogens with one attached hydrogen (secondary N) is 1. The Balaban J connectivity index is 2.45. The summed E-state index contributed by atoms with van der Waals surface area (Å²) in [6.07, 6.45) is 1.73. The monoisotopic (exact) mass is 227 g/mol. The van der Waals surface area contributed by atoms with Crippen molar-refractivity contribution in [3.05, 3.63) is 0 Å². The molecule has 2 atom stereocenters. The molecule has 0 aromatic rings. The number of cyclic esters (lactones) is 1. The summed E-state index contributed by atoms with van der Waals surface area (Å²) in [6, 6.07) is 0. The third-order valence-electron chi connectivity index (χ3n) is 3.62. The van der Waals surface area contributed by atoms with Gasteiger partial charge < -0.3 is 9.47 Å². The van der Waals surface area contributed by atoms with Crippen molar-refractivity contribution in [1.29, 1.82) is 0 Å². The molecule has 0 aromatic carbocycles. The zero-order valence-electron chi connectivity index (χ0n) is 9.83. The number of hydrogen-bond acceptors (Lipinski definition) is 5. The Morgan fingerprint density at radius 1 is 1.56 bits per heavy atom. The molecule has 0 aromatic heterocycles.